The van der Waals surface area contributed by atoms with Gasteiger partial charge in [-0.1, -0.05) is 23.8 Å². The standard InChI is InChI=1S/C19H20N2S.BrH/c1-12-5-6-14(3)17(9-12)18-11-22-19(21-18)20-16-8-7-13(2)15(4)10-16;/h5-11H,1-4H3,(H,20,21);1H. The van der Waals surface area contributed by atoms with Crippen LogP contribution in [-0.2, 0) is 0 Å². The molecule has 4 heteroatoms. The zero-order valence-electron chi connectivity index (χ0n) is 13.8. The Morgan fingerprint density at radius 1 is 0.870 bits per heavy atom. The molecule has 0 atom stereocenters. The first-order chi connectivity index (χ1) is 10.5. The minimum Gasteiger partial charge on any atom is -0.332 e. The third-order valence-corrected chi connectivity index (χ3v) is 4.69. The van der Waals surface area contributed by atoms with Crippen molar-refractivity contribution in [2.45, 2.75) is 27.7 Å². The van der Waals surface area contributed by atoms with Gasteiger partial charge in [0, 0.05) is 16.6 Å². The van der Waals surface area contributed by atoms with Crippen molar-refractivity contribution in [1.29, 1.82) is 0 Å². The van der Waals surface area contributed by atoms with Crippen molar-refractivity contribution in [3.8, 4) is 11.3 Å². The van der Waals surface area contributed by atoms with E-state index in [1.807, 2.05) is 0 Å². The van der Waals surface area contributed by atoms with Crippen LogP contribution in [0.25, 0.3) is 11.3 Å². The first-order valence-electron chi connectivity index (χ1n) is 7.40. The topological polar surface area (TPSA) is 24.9 Å². The van der Waals surface area contributed by atoms with Crippen molar-refractivity contribution >= 4 is 39.1 Å². The molecule has 3 rings (SSSR count). The molecule has 1 N–H and O–H groups in total. The van der Waals surface area contributed by atoms with Gasteiger partial charge in [-0.2, -0.15) is 0 Å². The lowest BCUT2D eigenvalue weighted by molar-refractivity contribution is 1.31. The minimum absolute atomic E-state index is 0. The molecule has 0 amide bonds. The molecule has 0 bridgehead atoms. The van der Waals surface area contributed by atoms with Crippen LogP contribution in [0.5, 0.6) is 0 Å². The van der Waals surface area contributed by atoms with Crippen LogP contribution in [0.15, 0.2) is 41.8 Å². The second-order valence-corrected chi connectivity index (χ2v) is 6.64. The monoisotopic (exact) mass is 388 g/mol. The van der Waals surface area contributed by atoms with Gasteiger partial charge in [0.1, 0.15) is 0 Å². The van der Waals surface area contributed by atoms with Crippen molar-refractivity contribution in [1.82, 2.24) is 4.98 Å². The van der Waals surface area contributed by atoms with E-state index < -0.39 is 0 Å². The molecule has 2 aromatic carbocycles. The van der Waals surface area contributed by atoms with Crippen molar-refractivity contribution < 1.29 is 0 Å². The van der Waals surface area contributed by atoms with E-state index in [2.05, 4.69) is 74.8 Å². The Morgan fingerprint density at radius 3 is 2.35 bits per heavy atom. The van der Waals surface area contributed by atoms with E-state index in [0.717, 1.165) is 16.5 Å². The minimum atomic E-state index is 0. The van der Waals surface area contributed by atoms with E-state index in [1.165, 1.54) is 27.8 Å². The third kappa shape index (κ3) is 4.01. The molecule has 120 valence electrons. The highest BCUT2D eigenvalue weighted by atomic mass is 79.9. The molecule has 23 heavy (non-hydrogen) atoms. The molecular weight excluding hydrogens is 368 g/mol. The molecule has 0 aliphatic rings. The van der Waals surface area contributed by atoms with Crippen molar-refractivity contribution in [3.05, 3.63) is 64.0 Å². The van der Waals surface area contributed by atoms with Gasteiger partial charge in [0.05, 0.1) is 5.69 Å². The Kier molecular flexibility index (Phi) is 5.60. The summed E-state index contributed by atoms with van der Waals surface area (Å²) in [5.74, 6) is 0. The molecule has 0 unspecified atom stereocenters. The third-order valence-electron chi connectivity index (χ3n) is 3.93. The molecule has 2 nitrogen and oxygen atoms in total. The number of halogens is 1. The van der Waals surface area contributed by atoms with E-state index in [9.17, 15) is 0 Å². The summed E-state index contributed by atoms with van der Waals surface area (Å²) in [6, 6.07) is 12.9. The fourth-order valence-corrected chi connectivity index (χ4v) is 3.14. The molecule has 0 spiro atoms. The Labute approximate surface area is 152 Å². The van der Waals surface area contributed by atoms with Gasteiger partial charge in [-0.25, -0.2) is 4.98 Å². The highest BCUT2D eigenvalue weighted by Gasteiger charge is 2.08. The summed E-state index contributed by atoms with van der Waals surface area (Å²) < 4.78 is 0. The number of anilines is 2. The molecule has 1 aromatic heterocycles. The van der Waals surface area contributed by atoms with Gasteiger partial charge in [0.15, 0.2) is 5.13 Å². The summed E-state index contributed by atoms with van der Waals surface area (Å²) >= 11 is 1.64. The van der Waals surface area contributed by atoms with E-state index >= 15 is 0 Å². The molecule has 0 aliphatic carbocycles. The number of nitrogens with one attached hydrogen (secondary N) is 1. The lowest BCUT2D eigenvalue weighted by atomic mass is 10.0. The first-order valence-corrected chi connectivity index (χ1v) is 8.28. The van der Waals surface area contributed by atoms with Gasteiger partial charge < -0.3 is 5.32 Å². The number of aromatic nitrogens is 1. The van der Waals surface area contributed by atoms with Gasteiger partial charge in [-0.05, 0) is 62.6 Å². The number of aryl methyl sites for hydroxylation is 4. The molecule has 0 aliphatic heterocycles. The van der Waals surface area contributed by atoms with Gasteiger partial charge in [-0.15, -0.1) is 28.3 Å². The summed E-state index contributed by atoms with van der Waals surface area (Å²) in [6.45, 7) is 8.50. The summed E-state index contributed by atoms with van der Waals surface area (Å²) in [5.41, 5.74) is 8.45. The zero-order valence-corrected chi connectivity index (χ0v) is 16.3. The van der Waals surface area contributed by atoms with Crippen LogP contribution in [-0.4, -0.2) is 4.98 Å². The molecule has 1 heterocycles. The average Bonchev–Trinajstić information content (AvgIpc) is 2.94. The van der Waals surface area contributed by atoms with Crippen LogP contribution in [0.1, 0.15) is 22.3 Å². The molecule has 3 aromatic rings. The van der Waals surface area contributed by atoms with Gasteiger partial charge in [0.2, 0.25) is 0 Å². The highest BCUT2D eigenvalue weighted by molar-refractivity contribution is 8.93. The van der Waals surface area contributed by atoms with Crippen LogP contribution in [0.2, 0.25) is 0 Å². The number of rotatable bonds is 3. The van der Waals surface area contributed by atoms with Crippen molar-refractivity contribution in [2.24, 2.45) is 0 Å². The second kappa shape index (κ2) is 7.28. The quantitative estimate of drug-likeness (QED) is 0.563. The number of nitrogens with zero attached hydrogens (tertiary/aromatic N) is 1. The number of benzene rings is 2. The number of hydrogen-bond donors (Lipinski definition) is 1. The van der Waals surface area contributed by atoms with Gasteiger partial charge >= 0.3 is 0 Å². The fraction of sp³-hybridized carbons (Fsp3) is 0.211. The maximum absolute atomic E-state index is 4.74. The lowest BCUT2D eigenvalue weighted by Crippen LogP contribution is -1.92. The maximum atomic E-state index is 4.74. The predicted molar refractivity (Wildman–Crippen MR) is 107 cm³/mol. The van der Waals surface area contributed by atoms with Crippen LogP contribution < -0.4 is 5.32 Å². The lowest BCUT2D eigenvalue weighted by Gasteiger charge is -2.06. The Morgan fingerprint density at radius 2 is 1.61 bits per heavy atom. The molecular formula is C19H21BrN2S. The molecule has 0 fully saturated rings. The normalized spacial score (nSPS) is 10.3. The van der Waals surface area contributed by atoms with Crippen LogP contribution in [0.4, 0.5) is 10.8 Å². The average molecular weight is 389 g/mol. The van der Waals surface area contributed by atoms with Crippen LogP contribution in [0.3, 0.4) is 0 Å². The Hall–Kier alpha value is -1.65. The van der Waals surface area contributed by atoms with E-state index in [-0.39, 0.29) is 17.0 Å². The van der Waals surface area contributed by atoms with E-state index in [4.69, 9.17) is 4.98 Å². The fourth-order valence-electron chi connectivity index (χ4n) is 2.41. The maximum Gasteiger partial charge on any atom is 0.187 e. The van der Waals surface area contributed by atoms with Crippen LogP contribution >= 0.6 is 28.3 Å². The van der Waals surface area contributed by atoms with E-state index in [1.54, 1.807) is 11.3 Å². The number of hydrogen-bond acceptors (Lipinski definition) is 3. The van der Waals surface area contributed by atoms with Crippen molar-refractivity contribution in [3.63, 3.8) is 0 Å². The van der Waals surface area contributed by atoms with E-state index in [0.29, 0.717) is 0 Å². The van der Waals surface area contributed by atoms with Gasteiger partial charge in [0.25, 0.3) is 0 Å². The summed E-state index contributed by atoms with van der Waals surface area (Å²) in [5, 5.41) is 6.45. The highest BCUT2D eigenvalue weighted by Crippen LogP contribution is 2.30. The predicted octanol–water partition coefficient (Wildman–Crippen LogP) is 6.37. The summed E-state index contributed by atoms with van der Waals surface area (Å²) in [6.07, 6.45) is 0. The zero-order chi connectivity index (χ0) is 15.7. The molecule has 0 saturated heterocycles. The molecule has 0 radical (unpaired) electrons. The Bertz CT molecular complexity index is 824. The number of thiazole rings is 1. The summed E-state index contributed by atoms with van der Waals surface area (Å²) in [4.78, 5) is 4.74. The van der Waals surface area contributed by atoms with Crippen LogP contribution in [0, 0.1) is 27.7 Å². The smallest absolute Gasteiger partial charge is 0.187 e. The van der Waals surface area contributed by atoms with Crippen molar-refractivity contribution in [2.75, 3.05) is 5.32 Å². The summed E-state index contributed by atoms with van der Waals surface area (Å²) in [7, 11) is 0. The molecule has 0 saturated carbocycles. The largest absolute Gasteiger partial charge is 0.332 e. The van der Waals surface area contributed by atoms with Gasteiger partial charge in [-0.3, -0.25) is 0 Å². The first kappa shape index (κ1) is 17.7. The second-order valence-electron chi connectivity index (χ2n) is 5.78. The Balaban J connectivity index is 0.00000192. The SMILES string of the molecule is Br.Cc1ccc(C)c(-c2csc(Nc3ccc(C)c(C)c3)n2)c1.